The van der Waals surface area contributed by atoms with Crippen molar-refractivity contribution in [2.45, 2.75) is 6.42 Å². The number of rotatable bonds is 4. The zero-order chi connectivity index (χ0) is 13.8. The number of aromatic nitrogens is 1. The first kappa shape index (κ1) is 12.6. The minimum absolute atomic E-state index is 0.323. The first-order valence-electron chi connectivity index (χ1n) is 6.54. The predicted molar refractivity (Wildman–Crippen MR) is 77.3 cm³/mol. The minimum Gasteiger partial charge on any atom is -0.492 e. The lowest BCUT2D eigenvalue weighted by Crippen LogP contribution is -2.02. The Hall–Kier alpha value is -2.42. The van der Waals surface area contributed by atoms with Crippen molar-refractivity contribution in [1.29, 1.82) is 0 Å². The number of benzene rings is 2. The van der Waals surface area contributed by atoms with Crippen LogP contribution in [0.15, 0.2) is 60.8 Å². The molecular formula is C17H14FNO. The van der Waals surface area contributed by atoms with Crippen LogP contribution in [0.25, 0.3) is 10.9 Å². The summed E-state index contributed by atoms with van der Waals surface area (Å²) in [5.74, 6) is 0.349. The molecule has 0 aliphatic carbocycles. The van der Waals surface area contributed by atoms with Crippen LogP contribution in [-0.4, -0.2) is 11.6 Å². The molecule has 0 saturated heterocycles. The van der Waals surface area contributed by atoms with Crippen LogP contribution in [0.4, 0.5) is 4.39 Å². The Morgan fingerprint density at radius 2 is 1.80 bits per heavy atom. The lowest BCUT2D eigenvalue weighted by Gasteiger charge is -2.09. The first-order valence-corrected chi connectivity index (χ1v) is 6.54. The number of fused-ring (bicyclic) bond motifs is 1. The van der Waals surface area contributed by atoms with Gasteiger partial charge in [-0.1, -0.05) is 36.4 Å². The lowest BCUT2D eigenvalue weighted by atomic mass is 10.1. The van der Waals surface area contributed by atoms with Crippen molar-refractivity contribution in [1.82, 2.24) is 4.98 Å². The third-order valence-electron chi connectivity index (χ3n) is 3.17. The van der Waals surface area contributed by atoms with Gasteiger partial charge in [-0.3, -0.25) is 4.98 Å². The third-order valence-corrected chi connectivity index (χ3v) is 3.17. The molecule has 20 heavy (non-hydrogen) atoms. The molecule has 2 nitrogen and oxygen atoms in total. The molecule has 0 fully saturated rings. The number of pyridine rings is 1. The second kappa shape index (κ2) is 5.70. The lowest BCUT2D eigenvalue weighted by molar-refractivity contribution is 0.325. The van der Waals surface area contributed by atoms with E-state index in [4.69, 9.17) is 4.74 Å². The van der Waals surface area contributed by atoms with Crippen molar-refractivity contribution in [2.75, 3.05) is 6.61 Å². The first-order chi connectivity index (χ1) is 9.84. The van der Waals surface area contributed by atoms with Crippen LogP contribution in [-0.2, 0) is 6.42 Å². The molecule has 1 heterocycles. The van der Waals surface area contributed by atoms with Gasteiger partial charge >= 0.3 is 0 Å². The molecule has 3 heteroatoms. The Labute approximate surface area is 116 Å². The maximum Gasteiger partial charge on any atom is 0.149 e. The van der Waals surface area contributed by atoms with E-state index < -0.39 is 0 Å². The van der Waals surface area contributed by atoms with Crippen molar-refractivity contribution in [2.24, 2.45) is 0 Å². The fraction of sp³-hybridized carbons (Fsp3) is 0.118. The van der Waals surface area contributed by atoms with E-state index in [0.717, 1.165) is 6.42 Å². The molecule has 0 aliphatic rings. The second-order valence-electron chi connectivity index (χ2n) is 4.53. The van der Waals surface area contributed by atoms with Crippen LogP contribution < -0.4 is 4.74 Å². The summed E-state index contributed by atoms with van der Waals surface area (Å²) in [6.45, 7) is 0.555. The molecule has 2 aromatic carbocycles. The highest BCUT2D eigenvalue weighted by atomic mass is 19.1. The van der Waals surface area contributed by atoms with Crippen LogP contribution in [0, 0.1) is 5.82 Å². The average molecular weight is 267 g/mol. The maximum absolute atomic E-state index is 13.6. The molecule has 0 bridgehead atoms. The molecule has 0 radical (unpaired) electrons. The van der Waals surface area contributed by atoms with E-state index in [1.807, 2.05) is 24.3 Å². The molecule has 0 N–H and O–H groups in total. The molecule has 3 aromatic rings. The molecular weight excluding hydrogens is 253 g/mol. The summed E-state index contributed by atoms with van der Waals surface area (Å²) < 4.78 is 19.4. The number of halogens is 1. The van der Waals surface area contributed by atoms with Gasteiger partial charge in [-0.2, -0.15) is 0 Å². The van der Waals surface area contributed by atoms with Crippen molar-refractivity contribution in [3.63, 3.8) is 0 Å². The zero-order valence-corrected chi connectivity index (χ0v) is 10.9. The fourth-order valence-electron chi connectivity index (χ4n) is 2.16. The molecule has 0 atom stereocenters. The quantitative estimate of drug-likeness (QED) is 0.713. The topological polar surface area (TPSA) is 22.1 Å². The average Bonchev–Trinajstić information content (AvgIpc) is 2.49. The SMILES string of the molecule is Fc1cccc2c(OCCc3ccccc3)ccnc12. The Bertz CT molecular complexity index is 713. The number of nitrogens with zero attached hydrogens (tertiary/aromatic N) is 1. The van der Waals surface area contributed by atoms with E-state index in [-0.39, 0.29) is 5.82 Å². The normalized spacial score (nSPS) is 10.7. The molecule has 0 saturated carbocycles. The summed E-state index contributed by atoms with van der Waals surface area (Å²) in [4.78, 5) is 4.05. The van der Waals surface area contributed by atoms with Gasteiger partial charge in [0.25, 0.3) is 0 Å². The largest absolute Gasteiger partial charge is 0.492 e. The van der Waals surface area contributed by atoms with Gasteiger partial charge in [0.15, 0.2) is 0 Å². The van der Waals surface area contributed by atoms with E-state index in [0.29, 0.717) is 23.3 Å². The number of hydrogen-bond acceptors (Lipinski definition) is 2. The van der Waals surface area contributed by atoms with Gasteiger partial charge < -0.3 is 4.74 Å². The van der Waals surface area contributed by atoms with E-state index in [2.05, 4.69) is 17.1 Å². The van der Waals surface area contributed by atoms with E-state index >= 15 is 0 Å². The Kier molecular flexibility index (Phi) is 3.59. The third kappa shape index (κ3) is 2.62. The van der Waals surface area contributed by atoms with Gasteiger partial charge in [0, 0.05) is 18.0 Å². The van der Waals surface area contributed by atoms with Crippen molar-refractivity contribution < 1.29 is 9.13 Å². The van der Waals surface area contributed by atoms with Gasteiger partial charge in [-0.25, -0.2) is 4.39 Å². The van der Waals surface area contributed by atoms with Crippen LogP contribution >= 0.6 is 0 Å². The van der Waals surface area contributed by atoms with E-state index in [9.17, 15) is 4.39 Å². The summed E-state index contributed by atoms with van der Waals surface area (Å²) in [5, 5.41) is 0.709. The molecule has 1 aromatic heterocycles. The highest BCUT2D eigenvalue weighted by molar-refractivity contribution is 5.85. The molecule has 100 valence electrons. The summed E-state index contributed by atoms with van der Waals surface area (Å²) in [6.07, 6.45) is 2.39. The summed E-state index contributed by atoms with van der Waals surface area (Å²) in [6, 6.07) is 16.8. The fourth-order valence-corrected chi connectivity index (χ4v) is 2.16. The van der Waals surface area contributed by atoms with Crippen LogP contribution in [0.3, 0.4) is 0 Å². The van der Waals surface area contributed by atoms with Gasteiger partial charge in [0.2, 0.25) is 0 Å². The number of hydrogen-bond donors (Lipinski definition) is 0. The van der Waals surface area contributed by atoms with Gasteiger partial charge in [-0.15, -0.1) is 0 Å². The Morgan fingerprint density at radius 1 is 0.950 bits per heavy atom. The molecule has 0 amide bonds. The van der Waals surface area contributed by atoms with E-state index in [1.165, 1.54) is 11.6 Å². The number of ether oxygens (including phenoxy) is 1. The van der Waals surface area contributed by atoms with Crippen LogP contribution in [0.5, 0.6) is 5.75 Å². The summed E-state index contributed by atoms with van der Waals surface area (Å²) >= 11 is 0. The molecule has 0 aliphatic heterocycles. The summed E-state index contributed by atoms with van der Waals surface area (Å²) in [5.41, 5.74) is 1.57. The molecule has 0 unspecified atom stereocenters. The smallest absolute Gasteiger partial charge is 0.149 e. The Morgan fingerprint density at radius 3 is 2.65 bits per heavy atom. The van der Waals surface area contributed by atoms with Gasteiger partial charge in [0.05, 0.1) is 6.61 Å². The maximum atomic E-state index is 13.6. The van der Waals surface area contributed by atoms with E-state index in [1.54, 1.807) is 18.3 Å². The Balaban J connectivity index is 1.76. The van der Waals surface area contributed by atoms with Crippen molar-refractivity contribution in [3.8, 4) is 5.75 Å². The highest BCUT2D eigenvalue weighted by Crippen LogP contribution is 2.25. The minimum atomic E-state index is -0.323. The summed E-state index contributed by atoms with van der Waals surface area (Å²) in [7, 11) is 0. The van der Waals surface area contributed by atoms with Crippen molar-refractivity contribution in [3.05, 3.63) is 72.2 Å². The predicted octanol–water partition coefficient (Wildman–Crippen LogP) is 4.00. The molecule has 0 spiro atoms. The highest BCUT2D eigenvalue weighted by Gasteiger charge is 2.06. The van der Waals surface area contributed by atoms with Crippen LogP contribution in [0.1, 0.15) is 5.56 Å². The van der Waals surface area contributed by atoms with Crippen LogP contribution in [0.2, 0.25) is 0 Å². The second-order valence-corrected chi connectivity index (χ2v) is 4.53. The molecule has 3 rings (SSSR count). The number of para-hydroxylation sites is 1. The van der Waals surface area contributed by atoms with Gasteiger partial charge in [-0.05, 0) is 23.8 Å². The monoisotopic (exact) mass is 267 g/mol. The zero-order valence-electron chi connectivity index (χ0n) is 10.9. The van der Waals surface area contributed by atoms with Gasteiger partial charge in [0.1, 0.15) is 17.1 Å². The standard InChI is InChI=1S/C17H14FNO/c18-15-8-4-7-14-16(9-11-19-17(14)15)20-12-10-13-5-2-1-3-6-13/h1-9,11H,10,12H2. The van der Waals surface area contributed by atoms with Crippen molar-refractivity contribution >= 4 is 10.9 Å².